The summed E-state index contributed by atoms with van der Waals surface area (Å²) in [5.41, 5.74) is 0. The molecular formula is C89H144N6O39S2. The zero-order chi connectivity index (χ0) is 99.1. The average molecular weight is 1990 g/mol. The number of nitrogens with one attached hydrogen (secondary N) is 4. The van der Waals surface area contributed by atoms with E-state index < -0.39 is 277 Å². The Hall–Kier alpha value is -6.18. The number of carbonyl (C=O) groups excluding carboxylic acids is 10. The number of thioether (sulfide) groups is 2. The van der Waals surface area contributed by atoms with Crippen molar-refractivity contribution in [2.45, 2.75) is 340 Å². The fourth-order valence-electron chi connectivity index (χ4n) is 18.9. The molecule has 16 N–H and O–H groups in total. The molecule has 776 valence electrons. The molecule has 47 heteroatoms. The molecule has 6 saturated heterocycles. The monoisotopic (exact) mass is 1980 g/mol. The second kappa shape index (κ2) is 56.6. The lowest BCUT2D eigenvalue weighted by atomic mass is 9.76. The maximum Gasteiger partial charge on any atom is 0.332 e. The molecule has 8 amide bonds. The van der Waals surface area contributed by atoms with E-state index in [1.165, 1.54) is 28.1 Å². The first kappa shape index (κ1) is 113. The van der Waals surface area contributed by atoms with E-state index in [2.05, 4.69) is 21.3 Å². The number of aliphatic hydroxyl groups is 10. The van der Waals surface area contributed by atoms with Gasteiger partial charge in [-0.2, -0.15) is 0 Å². The summed E-state index contributed by atoms with van der Waals surface area (Å²) in [6, 6.07) is -3.07. The molecule has 22 unspecified atom stereocenters. The van der Waals surface area contributed by atoms with Gasteiger partial charge >= 0.3 is 23.9 Å². The summed E-state index contributed by atoms with van der Waals surface area (Å²) < 4.78 is 88.7. The molecule has 3 saturated carbocycles. The molecule has 6 heterocycles. The molecule has 136 heavy (non-hydrogen) atoms. The molecule has 45 nitrogen and oxygen atoms in total. The minimum Gasteiger partial charge on any atom is -0.479 e. The Morgan fingerprint density at radius 2 is 0.963 bits per heavy atom. The van der Waals surface area contributed by atoms with E-state index in [0.717, 1.165) is 97.5 Å². The molecule has 0 aromatic rings. The molecule has 0 bridgehead atoms. The molecule has 3 aliphatic carbocycles. The highest BCUT2D eigenvalue weighted by atomic mass is 32.2. The Bertz CT molecular complexity index is 3810. The maximum atomic E-state index is 14.3. The third-order valence-electron chi connectivity index (χ3n) is 26.8. The molecular weight excluding hydrogens is 1840 g/mol. The lowest BCUT2D eigenvalue weighted by molar-refractivity contribution is -0.338. The molecule has 0 radical (unpaired) electrons. The predicted octanol–water partition coefficient (Wildman–Crippen LogP) is -2.43. The fraction of sp³-hybridized carbons (Fsp3) is 0.865. The van der Waals surface area contributed by atoms with Crippen molar-refractivity contribution in [3.8, 4) is 0 Å². The largest absolute Gasteiger partial charge is 0.479 e. The first-order chi connectivity index (χ1) is 65.0. The second-order valence-electron chi connectivity index (χ2n) is 36.5. The Morgan fingerprint density at radius 3 is 1.41 bits per heavy atom. The van der Waals surface area contributed by atoms with E-state index >= 15 is 0 Å². The van der Waals surface area contributed by atoms with Crippen LogP contribution in [-0.2, 0) is 129 Å². The van der Waals surface area contributed by atoms with Crippen molar-refractivity contribution >= 4 is 94.7 Å². The van der Waals surface area contributed by atoms with Crippen molar-refractivity contribution < 1.29 is 190 Å². The topological polar surface area (TPSA) is 641 Å². The third kappa shape index (κ3) is 32.7. The molecule has 9 aliphatic rings. The minimum absolute atomic E-state index is 0.0267. The van der Waals surface area contributed by atoms with E-state index in [1.54, 1.807) is 6.92 Å². The number of carboxylic acids is 2. The van der Waals surface area contributed by atoms with E-state index in [-0.39, 0.29) is 154 Å². The third-order valence-corrected chi connectivity index (χ3v) is 29.2. The quantitative estimate of drug-likeness (QED) is 0.0171. The Balaban J connectivity index is 0.670. The number of aliphatic hydroxyl groups excluding tert-OH is 10. The molecule has 0 aromatic heterocycles. The van der Waals surface area contributed by atoms with Crippen molar-refractivity contribution in [1.29, 1.82) is 0 Å². The molecule has 6 aliphatic heterocycles. The van der Waals surface area contributed by atoms with Gasteiger partial charge in [0.05, 0.1) is 138 Å². The summed E-state index contributed by atoms with van der Waals surface area (Å²) >= 11 is 1.62. The zero-order valence-corrected chi connectivity index (χ0v) is 79.9. The number of carbonyl (C=O) groups is 12. The first-order valence-corrected chi connectivity index (χ1v) is 49.7. The Kier molecular flexibility index (Phi) is 47.2. The number of methoxy groups -OCH3 is 2. The molecule has 9 rings (SSSR count). The van der Waals surface area contributed by atoms with Gasteiger partial charge in [-0.05, 0) is 83.0 Å². The zero-order valence-electron chi connectivity index (χ0n) is 78.3. The van der Waals surface area contributed by atoms with Crippen LogP contribution in [0.2, 0.25) is 0 Å². The molecule has 31 atom stereocenters. The van der Waals surface area contributed by atoms with Gasteiger partial charge in [0.1, 0.15) is 85.3 Å². The summed E-state index contributed by atoms with van der Waals surface area (Å²) in [7, 11) is 2.41. The number of likely N-dealkylation sites (tertiary alicyclic amines) is 2. The lowest BCUT2D eigenvalue weighted by Gasteiger charge is -2.49. The summed E-state index contributed by atoms with van der Waals surface area (Å²) in [5.74, 6) is -12.7. The Morgan fingerprint density at radius 1 is 0.507 bits per heavy atom. The van der Waals surface area contributed by atoms with E-state index in [9.17, 15) is 119 Å². The highest BCUT2D eigenvalue weighted by molar-refractivity contribution is 8.01. The van der Waals surface area contributed by atoms with Crippen LogP contribution in [0.25, 0.3) is 0 Å². The van der Waals surface area contributed by atoms with Gasteiger partial charge in [-0.3, -0.25) is 57.7 Å². The van der Waals surface area contributed by atoms with Gasteiger partial charge in [0.15, 0.2) is 37.4 Å². The number of carboxylic acid groups (broad SMARTS) is 2. The summed E-state index contributed by atoms with van der Waals surface area (Å²) in [4.78, 5) is 163. The lowest BCUT2D eigenvalue weighted by Crippen LogP contribution is -2.67. The second-order valence-corrected chi connectivity index (χ2v) is 38.9. The SMILES string of the molecule is CC[C@@H](COC1OC(C)C(O)C(O)C1O)CC(C[C@H](C)O[C@@H]1O[C@@H](CO)C(O)C(O[C@@H](CC2CCCCC2)C(=O)O)C1NC(=O)CSC1CC(=O)N(CCC(=O)NCCOCCOCCOCCNC(=O)CCN2C(=O)CC(SCC(=O)NC3C(O[C@@H](CC4CCCCC4)C(=O)O)C(O)[C@H](CO)O[C@H]3OC3CC(C(=O)OC)C[C@@H](CC)C3OC3OC(C)C(O)C(O)C3O)C2=O)C1=O)C(=O)OC. The Labute approximate surface area is 798 Å². The molecule has 9 fully saturated rings. The molecule has 0 aromatic carbocycles. The van der Waals surface area contributed by atoms with E-state index in [1.807, 2.05) is 13.8 Å². The van der Waals surface area contributed by atoms with Crippen molar-refractivity contribution in [2.75, 3.05) is 111 Å². The smallest absolute Gasteiger partial charge is 0.332 e. The van der Waals surface area contributed by atoms with Gasteiger partial charge in [-0.1, -0.05) is 90.9 Å². The fourth-order valence-corrected chi connectivity index (χ4v) is 20.8. The number of ether oxygens (including phenoxy) is 15. The van der Waals surface area contributed by atoms with Gasteiger partial charge < -0.3 is 154 Å². The van der Waals surface area contributed by atoms with E-state index in [0.29, 0.717) is 12.8 Å². The normalized spacial score (nSPS) is 33.2. The number of esters is 2. The van der Waals surface area contributed by atoms with Crippen molar-refractivity contribution in [1.82, 2.24) is 31.1 Å². The number of imide groups is 2. The average Bonchev–Trinajstić information content (AvgIpc) is 1.06. The van der Waals surface area contributed by atoms with Crippen LogP contribution in [0.5, 0.6) is 0 Å². The highest BCUT2D eigenvalue weighted by Gasteiger charge is 2.56. The van der Waals surface area contributed by atoms with Crippen molar-refractivity contribution in [2.24, 2.45) is 35.5 Å². The predicted molar refractivity (Wildman–Crippen MR) is 473 cm³/mol. The van der Waals surface area contributed by atoms with Crippen LogP contribution >= 0.6 is 23.5 Å². The number of amides is 8. The number of nitrogens with zero attached hydrogens (tertiary/aromatic N) is 2. The van der Waals surface area contributed by atoms with Gasteiger partial charge in [0.25, 0.3) is 0 Å². The first-order valence-electron chi connectivity index (χ1n) is 47.6. The summed E-state index contributed by atoms with van der Waals surface area (Å²) in [6.45, 7) is 6.78. The van der Waals surface area contributed by atoms with Crippen LogP contribution < -0.4 is 21.3 Å². The summed E-state index contributed by atoms with van der Waals surface area (Å²) in [6.07, 6.45) is -24.9. The van der Waals surface area contributed by atoms with Crippen LogP contribution in [0.1, 0.15) is 176 Å². The highest BCUT2D eigenvalue weighted by Crippen LogP contribution is 2.42. The van der Waals surface area contributed by atoms with Gasteiger partial charge in [0, 0.05) is 51.9 Å². The van der Waals surface area contributed by atoms with Crippen LogP contribution in [0.3, 0.4) is 0 Å². The van der Waals surface area contributed by atoms with Crippen molar-refractivity contribution in [3.63, 3.8) is 0 Å². The van der Waals surface area contributed by atoms with Crippen molar-refractivity contribution in [3.05, 3.63) is 0 Å². The minimum atomic E-state index is -1.79. The van der Waals surface area contributed by atoms with E-state index in [4.69, 9.17) is 71.1 Å². The van der Waals surface area contributed by atoms with Crippen LogP contribution in [0.15, 0.2) is 0 Å². The van der Waals surface area contributed by atoms with Gasteiger partial charge in [0.2, 0.25) is 47.3 Å². The van der Waals surface area contributed by atoms with Crippen LogP contribution in [0.4, 0.5) is 0 Å². The number of hydrogen-bond donors (Lipinski definition) is 16. The van der Waals surface area contributed by atoms with Crippen LogP contribution in [0, 0.1) is 35.5 Å². The summed E-state index contributed by atoms with van der Waals surface area (Å²) in [5, 5.41) is 138. The maximum absolute atomic E-state index is 14.3. The van der Waals surface area contributed by atoms with Crippen LogP contribution in [-0.4, -0.2) is 417 Å². The number of rotatable bonds is 55. The number of hydrogen-bond acceptors (Lipinski definition) is 39. The standard InChI is InChI=1S/C89H144N6O39S2/c1-8-48(42-125-88-75(110)73(108)69(104)46(4)127-88)33-52(84(118)120-6)32-45(3)126-86-67(78(71(106)57(40-96)132-86)129-55(82(114)115)34-49-16-12-10-13-17-49)92-63(100)43-135-59-38-65(102)94(80(59)112)24-20-61(98)90-22-26-122-28-30-124-31-29-123-27-23-91-62(99)21-25-95-66(103)39-60(81(95)113)136-44-64(101)93-68-79(130-56(83(116)117)35-50-18-14-11-15-19-50)72(107)58(41-97)133-87(68)131-54-37-53(85(119)121-7)36-51(9-2)77(54)134-89-76(111)74(109)70(105)47(5)128-89/h45-60,67-79,86-89,96-97,104-111H,8-44H2,1-7H3,(H,90,98)(H,91,99)(H,92,100)(H,93,101)(H,114,115)(H,116,117)/t45-,46?,47?,48+,51+,52?,53?,54?,55-,56-,57-,58-,59?,60?,67?,68?,69?,70?,71?,72?,73?,74?,75?,76?,77?,78?,79?,86+,87+,88?,89?/m0/s1. The van der Waals surface area contributed by atoms with Gasteiger partial charge in [-0.25, -0.2) is 9.59 Å². The number of aliphatic carboxylic acids is 2. The molecule has 0 spiro atoms. The van der Waals surface area contributed by atoms with Gasteiger partial charge in [-0.15, -0.1) is 23.5 Å².